The Morgan fingerprint density at radius 2 is 1.67 bits per heavy atom. The molecule has 0 heterocycles. The molecule has 0 saturated carbocycles. The first-order valence-corrected chi connectivity index (χ1v) is 8.67. The highest BCUT2D eigenvalue weighted by Gasteiger charge is 2.05. The molecule has 0 aliphatic heterocycles. The van der Waals surface area contributed by atoms with Crippen molar-refractivity contribution in [2.75, 3.05) is 20.6 Å². The lowest BCUT2D eigenvalue weighted by atomic mass is 10.1. The number of benzene rings is 2. The third kappa shape index (κ3) is 6.14. The summed E-state index contributed by atoms with van der Waals surface area (Å²) in [6, 6.07) is 14.7. The minimum atomic E-state index is -0.446. The molecule has 2 aromatic carbocycles. The van der Waals surface area contributed by atoms with Crippen molar-refractivity contribution in [1.82, 2.24) is 16.0 Å². The maximum absolute atomic E-state index is 11.7. The van der Waals surface area contributed by atoms with Crippen molar-refractivity contribution in [1.29, 1.82) is 0 Å². The normalized spacial score (nSPS) is 11.0. The number of guanidine groups is 1. The van der Waals surface area contributed by atoms with Crippen molar-refractivity contribution >= 4 is 17.8 Å². The molecule has 0 aliphatic rings. The van der Waals surface area contributed by atoms with Gasteiger partial charge in [0.05, 0.1) is 0 Å². The van der Waals surface area contributed by atoms with Crippen LogP contribution in [-0.2, 0) is 13.0 Å². The van der Waals surface area contributed by atoms with Crippen molar-refractivity contribution in [2.45, 2.75) is 13.0 Å². The lowest BCUT2D eigenvalue weighted by Crippen LogP contribution is -2.37. The molecular weight excluding hydrogens is 342 g/mol. The van der Waals surface area contributed by atoms with Gasteiger partial charge in [-0.3, -0.25) is 14.6 Å². The topological polar surface area (TPSA) is 109 Å². The quantitative estimate of drug-likeness (QED) is 0.433. The van der Waals surface area contributed by atoms with Gasteiger partial charge in [-0.15, -0.1) is 0 Å². The van der Waals surface area contributed by atoms with E-state index in [2.05, 4.69) is 20.9 Å². The zero-order valence-electron chi connectivity index (χ0n) is 15.6. The number of primary amides is 1. The Hall–Kier alpha value is -3.35. The smallest absolute Gasteiger partial charge is 0.251 e. The minimum Gasteiger partial charge on any atom is -0.366 e. The van der Waals surface area contributed by atoms with E-state index in [9.17, 15) is 9.59 Å². The number of rotatable bonds is 7. The highest BCUT2D eigenvalue weighted by Crippen LogP contribution is 2.06. The summed E-state index contributed by atoms with van der Waals surface area (Å²) in [6.07, 6.45) is 0.753. The van der Waals surface area contributed by atoms with Crippen LogP contribution in [0.3, 0.4) is 0 Å². The average Bonchev–Trinajstić information content (AvgIpc) is 2.70. The van der Waals surface area contributed by atoms with E-state index < -0.39 is 5.91 Å². The largest absolute Gasteiger partial charge is 0.366 e. The van der Waals surface area contributed by atoms with Gasteiger partial charge >= 0.3 is 0 Å². The fraction of sp³-hybridized carbons (Fsp3) is 0.250. The number of hydrogen-bond donors (Lipinski definition) is 4. The van der Waals surface area contributed by atoms with E-state index in [1.807, 2.05) is 24.3 Å². The number of hydrogen-bond acceptors (Lipinski definition) is 3. The van der Waals surface area contributed by atoms with Crippen LogP contribution in [0.15, 0.2) is 53.5 Å². The average molecular weight is 367 g/mol. The monoisotopic (exact) mass is 367 g/mol. The van der Waals surface area contributed by atoms with Crippen LogP contribution < -0.4 is 21.7 Å². The second-order valence-electron chi connectivity index (χ2n) is 5.95. The van der Waals surface area contributed by atoms with Gasteiger partial charge in [0.25, 0.3) is 5.91 Å². The Kier molecular flexibility index (Phi) is 7.37. The van der Waals surface area contributed by atoms with Gasteiger partial charge < -0.3 is 21.7 Å². The van der Waals surface area contributed by atoms with E-state index in [0.717, 1.165) is 17.5 Å². The molecule has 0 radical (unpaired) electrons. The zero-order chi connectivity index (χ0) is 19.6. The Morgan fingerprint density at radius 1 is 1.00 bits per heavy atom. The van der Waals surface area contributed by atoms with Gasteiger partial charge in [0.15, 0.2) is 5.96 Å². The summed E-state index contributed by atoms with van der Waals surface area (Å²) in [5.74, 6) is 0.112. The third-order valence-corrected chi connectivity index (χ3v) is 4.02. The highest BCUT2D eigenvalue weighted by atomic mass is 16.1. The van der Waals surface area contributed by atoms with Crippen LogP contribution in [0.2, 0.25) is 0 Å². The number of nitrogens with zero attached hydrogens (tertiary/aromatic N) is 1. The van der Waals surface area contributed by atoms with Crippen LogP contribution >= 0.6 is 0 Å². The molecule has 0 saturated heterocycles. The Balaban J connectivity index is 1.85. The standard InChI is InChI=1S/C20H25N5O2/c1-22-19(27)17-8-3-5-14(11-17)9-10-24-20(23-2)25-13-15-6-4-7-16(12-15)18(21)26/h3-8,11-12H,9-10,13H2,1-2H3,(H2,21,26)(H,22,27)(H2,23,24,25). The number of carbonyl (C=O) groups is 2. The van der Waals surface area contributed by atoms with Crippen molar-refractivity contribution in [2.24, 2.45) is 10.7 Å². The van der Waals surface area contributed by atoms with Crippen LogP contribution in [0.4, 0.5) is 0 Å². The summed E-state index contributed by atoms with van der Waals surface area (Å²) in [6.45, 7) is 1.19. The Morgan fingerprint density at radius 3 is 2.33 bits per heavy atom. The van der Waals surface area contributed by atoms with E-state index in [-0.39, 0.29) is 5.91 Å². The molecule has 2 amide bonds. The summed E-state index contributed by atoms with van der Waals surface area (Å²) >= 11 is 0. The van der Waals surface area contributed by atoms with Crippen LogP contribution in [0, 0.1) is 0 Å². The summed E-state index contributed by atoms with van der Waals surface area (Å²) < 4.78 is 0. The molecule has 0 unspecified atom stereocenters. The number of carbonyl (C=O) groups excluding carboxylic acids is 2. The first kappa shape index (κ1) is 20.0. The Labute approximate surface area is 159 Å². The summed E-state index contributed by atoms with van der Waals surface area (Å²) in [5, 5.41) is 9.06. The molecule has 2 aromatic rings. The van der Waals surface area contributed by atoms with Crippen LogP contribution in [0.5, 0.6) is 0 Å². The van der Waals surface area contributed by atoms with Gasteiger partial charge in [-0.1, -0.05) is 24.3 Å². The van der Waals surface area contributed by atoms with Gasteiger partial charge in [0, 0.05) is 38.3 Å². The summed E-state index contributed by atoms with van der Waals surface area (Å²) in [4.78, 5) is 27.1. The van der Waals surface area contributed by atoms with E-state index in [1.54, 1.807) is 38.4 Å². The molecule has 0 aliphatic carbocycles. The molecule has 7 heteroatoms. The van der Waals surface area contributed by atoms with E-state index in [0.29, 0.717) is 30.2 Å². The second-order valence-corrected chi connectivity index (χ2v) is 5.95. The fourth-order valence-corrected chi connectivity index (χ4v) is 2.58. The molecule has 0 atom stereocenters. The lowest BCUT2D eigenvalue weighted by molar-refractivity contribution is 0.0961. The van der Waals surface area contributed by atoms with Crippen LogP contribution in [0.25, 0.3) is 0 Å². The fourth-order valence-electron chi connectivity index (χ4n) is 2.58. The predicted octanol–water partition coefficient (Wildman–Crippen LogP) is 1.05. The first-order valence-electron chi connectivity index (χ1n) is 8.67. The maximum atomic E-state index is 11.7. The zero-order valence-corrected chi connectivity index (χ0v) is 15.6. The Bertz CT molecular complexity index is 833. The molecule has 27 heavy (non-hydrogen) atoms. The minimum absolute atomic E-state index is 0.0968. The summed E-state index contributed by atoms with van der Waals surface area (Å²) in [5.41, 5.74) is 8.43. The summed E-state index contributed by atoms with van der Waals surface area (Å²) in [7, 11) is 3.31. The van der Waals surface area contributed by atoms with E-state index in [1.165, 1.54) is 0 Å². The third-order valence-electron chi connectivity index (χ3n) is 4.02. The van der Waals surface area contributed by atoms with Crippen molar-refractivity contribution in [3.63, 3.8) is 0 Å². The molecule has 5 N–H and O–H groups in total. The number of amides is 2. The number of nitrogens with two attached hydrogens (primary N) is 1. The number of nitrogens with one attached hydrogen (secondary N) is 3. The molecule has 2 rings (SSSR count). The lowest BCUT2D eigenvalue weighted by Gasteiger charge is -2.12. The molecule has 0 fully saturated rings. The highest BCUT2D eigenvalue weighted by molar-refractivity contribution is 5.94. The molecule has 0 bridgehead atoms. The van der Waals surface area contributed by atoms with Crippen molar-refractivity contribution < 1.29 is 9.59 Å². The van der Waals surface area contributed by atoms with Gasteiger partial charge in [-0.25, -0.2) is 0 Å². The van der Waals surface area contributed by atoms with Crippen molar-refractivity contribution in [3.05, 3.63) is 70.8 Å². The second kappa shape index (κ2) is 9.96. The van der Waals surface area contributed by atoms with E-state index >= 15 is 0 Å². The van der Waals surface area contributed by atoms with Gasteiger partial charge in [-0.2, -0.15) is 0 Å². The molecule has 0 spiro atoms. The SMILES string of the molecule is CN=C(NCCc1cccc(C(=O)NC)c1)NCc1cccc(C(N)=O)c1. The number of aliphatic imine (C=N–C) groups is 1. The van der Waals surface area contributed by atoms with Gasteiger partial charge in [0.1, 0.15) is 0 Å². The first-order chi connectivity index (χ1) is 13.0. The van der Waals surface area contributed by atoms with E-state index in [4.69, 9.17) is 5.73 Å². The molecule has 0 aromatic heterocycles. The predicted molar refractivity (Wildman–Crippen MR) is 107 cm³/mol. The molecule has 142 valence electrons. The van der Waals surface area contributed by atoms with Crippen LogP contribution in [0.1, 0.15) is 31.8 Å². The molecular formula is C20H25N5O2. The molecule has 7 nitrogen and oxygen atoms in total. The maximum Gasteiger partial charge on any atom is 0.251 e. The van der Waals surface area contributed by atoms with Gasteiger partial charge in [-0.05, 0) is 41.8 Å². The van der Waals surface area contributed by atoms with Crippen molar-refractivity contribution in [3.8, 4) is 0 Å². The van der Waals surface area contributed by atoms with Gasteiger partial charge in [0.2, 0.25) is 5.91 Å². The van der Waals surface area contributed by atoms with Crippen LogP contribution in [-0.4, -0.2) is 38.4 Å².